The molecule has 0 saturated carbocycles. The third-order valence-electron chi connectivity index (χ3n) is 5.39. The number of aromatic nitrogens is 2. The van der Waals surface area contributed by atoms with E-state index in [-0.39, 0.29) is 0 Å². The van der Waals surface area contributed by atoms with Crippen LogP contribution < -0.4 is 20.9 Å². The second kappa shape index (κ2) is 10.1. The van der Waals surface area contributed by atoms with Crippen LogP contribution in [-0.4, -0.2) is 36.6 Å². The maximum absolute atomic E-state index is 4.69. The van der Waals surface area contributed by atoms with Crippen molar-refractivity contribution in [2.24, 2.45) is 0 Å². The zero-order valence-corrected chi connectivity index (χ0v) is 18.1. The minimum atomic E-state index is 0.591. The van der Waals surface area contributed by atoms with Crippen LogP contribution in [-0.2, 0) is 0 Å². The quantitative estimate of drug-likeness (QED) is 0.481. The Morgan fingerprint density at radius 2 is 1.65 bits per heavy atom. The fourth-order valence-corrected chi connectivity index (χ4v) is 3.80. The fraction of sp³-hybridized carbons (Fsp3) is 0.280. The normalized spacial score (nSPS) is 13.6. The van der Waals surface area contributed by atoms with Gasteiger partial charge >= 0.3 is 0 Å². The van der Waals surface area contributed by atoms with Gasteiger partial charge in [-0.15, -0.1) is 0 Å². The molecule has 1 saturated heterocycles. The van der Waals surface area contributed by atoms with Crippen molar-refractivity contribution in [2.75, 3.05) is 42.2 Å². The topological polar surface area (TPSA) is 65.1 Å². The van der Waals surface area contributed by atoms with E-state index in [1.807, 2.05) is 25.2 Å². The van der Waals surface area contributed by atoms with Crippen molar-refractivity contribution in [3.8, 4) is 11.3 Å². The van der Waals surface area contributed by atoms with Crippen LogP contribution in [0.1, 0.15) is 19.3 Å². The molecule has 1 aliphatic rings. The Morgan fingerprint density at radius 3 is 2.35 bits per heavy atom. The highest BCUT2D eigenvalue weighted by molar-refractivity contribution is 5.65. The molecule has 4 rings (SSSR count). The lowest BCUT2D eigenvalue weighted by molar-refractivity contribution is 0.578. The predicted octanol–water partition coefficient (Wildman–Crippen LogP) is 5.02. The molecule has 31 heavy (non-hydrogen) atoms. The number of hydrogen-bond donors (Lipinski definition) is 3. The van der Waals surface area contributed by atoms with Gasteiger partial charge in [0.25, 0.3) is 0 Å². The summed E-state index contributed by atoms with van der Waals surface area (Å²) in [6.07, 6.45) is 5.69. The molecule has 0 unspecified atom stereocenters. The van der Waals surface area contributed by atoms with E-state index in [9.17, 15) is 0 Å². The molecule has 1 aliphatic heterocycles. The zero-order valence-electron chi connectivity index (χ0n) is 18.1. The minimum Gasteiger partial charge on any atom is -0.372 e. The predicted molar refractivity (Wildman–Crippen MR) is 130 cm³/mol. The van der Waals surface area contributed by atoms with Crippen molar-refractivity contribution in [1.82, 2.24) is 15.3 Å². The molecule has 1 fully saturated rings. The molecule has 0 aliphatic carbocycles. The van der Waals surface area contributed by atoms with Crippen LogP contribution >= 0.6 is 0 Å². The Balaban J connectivity index is 1.41. The van der Waals surface area contributed by atoms with Crippen molar-refractivity contribution in [2.45, 2.75) is 19.3 Å². The first-order valence-corrected chi connectivity index (χ1v) is 10.9. The van der Waals surface area contributed by atoms with Gasteiger partial charge in [-0.1, -0.05) is 18.7 Å². The first-order valence-electron chi connectivity index (χ1n) is 10.9. The molecule has 160 valence electrons. The van der Waals surface area contributed by atoms with E-state index in [1.54, 1.807) is 6.20 Å². The van der Waals surface area contributed by atoms with Gasteiger partial charge < -0.3 is 20.9 Å². The second-order valence-corrected chi connectivity index (χ2v) is 7.82. The maximum Gasteiger partial charge on any atom is 0.227 e. The summed E-state index contributed by atoms with van der Waals surface area (Å²) in [6.45, 7) is 7.02. The molecule has 2 aromatic carbocycles. The summed E-state index contributed by atoms with van der Waals surface area (Å²) in [5, 5.41) is 9.69. The average molecular weight is 415 g/mol. The van der Waals surface area contributed by atoms with E-state index < -0.39 is 0 Å². The first kappa shape index (κ1) is 20.9. The van der Waals surface area contributed by atoms with Crippen LogP contribution in [0.2, 0.25) is 0 Å². The van der Waals surface area contributed by atoms with E-state index >= 15 is 0 Å². The SMILES string of the molecule is C=C(CNC)Nc1ccc(-c2ccnc(Nc3ccc(N4CCCCC4)cc3)n2)cc1. The molecule has 3 N–H and O–H groups in total. The number of anilines is 4. The standard InChI is InChI=1S/C25H30N6/c1-19(18-26-2)28-21-8-6-20(7-9-21)24-14-15-27-25(30-24)29-22-10-12-23(13-11-22)31-16-4-3-5-17-31/h6-15,26,28H,1,3-5,16-18H2,2H3,(H,27,29,30). The van der Waals surface area contributed by atoms with Crippen molar-refractivity contribution >= 4 is 23.0 Å². The van der Waals surface area contributed by atoms with E-state index in [2.05, 4.69) is 73.8 Å². The molecular weight excluding hydrogens is 384 g/mol. The lowest BCUT2D eigenvalue weighted by Gasteiger charge is -2.28. The summed E-state index contributed by atoms with van der Waals surface area (Å²) < 4.78 is 0. The molecule has 1 aromatic heterocycles. The third kappa shape index (κ3) is 5.61. The summed E-state index contributed by atoms with van der Waals surface area (Å²) in [7, 11) is 1.90. The first-order chi connectivity index (χ1) is 15.2. The molecule has 0 bridgehead atoms. The van der Waals surface area contributed by atoms with Gasteiger partial charge in [0.2, 0.25) is 5.95 Å². The van der Waals surface area contributed by atoms with Crippen LogP contribution in [0.5, 0.6) is 0 Å². The van der Waals surface area contributed by atoms with Crippen LogP contribution in [0.3, 0.4) is 0 Å². The number of likely N-dealkylation sites (N-methyl/N-ethyl adjacent to an activating group) is 1. The fourth-order valence-electron chi connectivity index (χ4n) is 3.80. The van der Waals surface area contributed by atoms with E-state index in [0.29, 0.717) is 5.95 Å². The minimum absolute atomic E-state index is 0.591. The van der Waals surface area contributed by atoms with E-state index in [1.165, 1.54) is 24.9 Å². The highest BCUT2D eigenvalue weighted by atomic mass is 15.1. The number of benzene rings is 2. The number of nitrogens with one attached hydrogen (secondary N) is 3. The number of rotatable bonds is 8. The van der Waals surface area contributed by atoms with Gasteiger partial charge in [-0.25, -0.2) is 9.97 Å². The molecule has 0 spiro atoms. The number of piperidine rings is 1. The van der Waals surface area contributed by atoms with Gasteiger partial charge in [-0.3, -0.25) is 0 Å². The summed E-state index contributed by atoms with van der Waals surface area (Å²) in [6, 6.07) is 18.6. The second-order valence-electron chi connectivity index (χ2n) is 7.82. The van der Waals surface area contributed by atoms with Gasteiger partial charge in [-0.2, -0.15) is 0 Å². The molecule has 2 heterocycles. The Bertz CT molecular complexity index is 991. The lowest BCUT2D eigenvalue weighted by Crippen LogP contribution is -2.29. The monoisotopic (exact) mass is 414 g/mol. The van der Waals surface area contributed by atoms with Gasteiger partial charge in [-0.05, 0) is 68.8 Å². The summed E-state index contributed by atoms with van der Waals surface area (Å²) >= 11 is 0. The van der Waals surface area contributed by atoms with Gasteiger partial charge in [0.15, 0.2) is 0 Å². The summed E-state index contributed by atoms with van der Waals surface area (Å²) in [5.74, 6) is 0.591. The smallest absolute Gasteiger partial charge is 0.227 e. The average Bonchev–Trinajstić information content (AvgIpc) is 2.81. The third-order valence-corrected chi connectivity index (χ3v) is 5.39. The summed E-state index contributed by atoms with van der Waals surface area (Å²) in [5.41, 5.74) is 6.12. The van der Waals surface area contributed by atoms with Gasteiger partial charge in [0, 0.05) is 54.2 Å². The Kier molecular flexibility index (Phi) is 6.79. The van der Waals surface area contributed by atoms with E-state index in [4.69, 9.17) is 0 Å². The molecule has 3 aromatic rings. The molecule has 0 atom stereocenters. The molecular formula is C25H30N6. The lowest BCUT2D eigenvalue weighted by atomic mass is 10.1. The largest absolute Gasteiger partial charge is 0.372 e. The molecule has 6 heteroatoms. The molecule has 0 amide bonds. The maximum atomic E-state index is 4.69. The summed E-state index contributed by atoms with van der Waals surface area (Å²) in [4.78, 5) is 11.5. The van der Waals surface area contributed by atoms with Crippen LogP contribution in [0.25, 0.3) is 11.3 Å². The Morgan fingerprint density at radius 1 is 0.935 bits per heavy atom. The zero-order chi connectivity index (χ0) is 21.5. The van der Waals surface area contributed by atoms with Crippen LogP contribution in [0.15, 0.2) is 73.1 Å². The molecule has 6 nitrogen and oxygen atoms in total. The van der Waals surface area contributed by atoms with Crippen molar-refractivity contribution in [3.63, 3.8) is 0 Å². The number of nitrogens with zero attached hydrogens (tertiary/aromatic N) is 3. The highest BCUT2D eigenvalue weighted by Gasteiger charge is 2.11. The Labute approximate surface area is 184 Å². The van der Waals surface area contributed by atoms with Crippen molar-refractivity contribution < 1.29 is 0 Å². The number of hydrogen-bond acceptors (Lipinski definition) is 6. The van der Waals surface area contributed by atoms with Crippen LogP contribution in [0.4, 0.5) is 23.0 Å². The van der Waals surface area contributed by atoms with E-state index in [0.717, 1.165) is 48.0 Å². The van der Waals surface area contributed by atoms with Gasteiger partial charge in [0.1, 0.15) is 0 Å². The van der Waals surface area contributed by atoms with Crippen molar-refractivity contribution in [1.29, 1.82) is 0 Å². The Hall–Kier alpha value is -3.38. The van der Waals surface area contributed by atoms with Gasteiger partial charge in [0.05, 0.1) is 5.69 Å². The molecule has 0 radical (unpaired) electrons. The van der Waals surface area contributed by atoms with Crippen LogP contribution in [0, 0.1) is 0 Å². The highest BCUT2D eigenvalue weighted by Crippen LogP contribution is 2.24. The van der Waals surface area contributed by atoms with Crippen molar-refractivity contribution in [3.05, 3.63) is 73.1 Å².